The van der Waals surface area contributed by atoms with Gasteiger partial charge < -0.3 is 0 Å². The van der Waals surface area contributed by atoms with Gasteiger partial charge in [0.2, 0.25) is 0 Å². The summed E-state index contributed by atoms with van der Waals surface area (Å²) in [5, 5.41) is 0. The van der Waals surface area contributed by atoms with E-state index in [0.717, 1.165) is 12.8 Å². The molecule has 2 aliphatic carbocycles. The summed E-state index contributed by atoms with van der Waals surface area (Å²) in [6.07, 6.45) is 4.26. The second kappa shape index (κ2) is 11.2. The number of carbonyl (C=O) groups excluding carboxylic acids is 3. The third kappa shape index (κ3) is 5.77. The van der Waals surface area contributed by atoms with Crippen molar-refractivity contribution in [3.8, 4) is 0 Å². The fourth-order valence-electron chi connectivity index (χ4n) is 7.86. The second-order valence-electron chi connectivity index (χ2n) is 14.5. The van der Waals surface area contributed by atoms with Crippen molar-refractivity contribution >= 4 is 17.3 Å². The first-order chi connectivity index (χ1) is 17.5. The van der Waals surface area contributed by atoms with Gasteiger partial charge in [-0.15, -0.1) is 0 Å². The number of allylic oxidation sites excluding steroid dienone is 2. The topological polar surface area (TPSA) is 51.2 Å². The largest absolute Gasteiger partial charge is 0.299 e. The molecule has 0 radical (unpaired) electrons. The summed E-state index contributed by atoms with van der Waals surface area (Å²) in [6.45, 7) is 22.8. The fourth-order valence-corrected chi connectivity index (χ4v) is 7.86. The molecule has 1 aromatic rings. The zero-order valence-electron chi connectivity index (χ0n) is 25.9. The van der Waals surface area contributed by atoms with Gasteiger partial charge in [0.05, 0.1) is 0 Å². The summed E-state index contributed by atoms with van der Waals surface area (Å²) in [7, 11) is 0. The standard InChI is InChI=1S/C35H52O3/c1-20(2)28(18-21(3)24(6)36)23(5)33(38)30(34(7,8)9)19-31(37)29-17-16-26-22(4)25-14-12-13-15-27(25)32(26)35(29,10)11/h12-15,18,20,22-23,26,28-30,32H,16-17,19H2,1-11H3/b21-18+. The SMILES string of the molecule is CC(=O)/C(C)=C/C(C(C)C)C(C)C(=O)C(CC(=O)C1CCC2C(C)c3ccccc3C2C1(C)C)C(C)(C)C. The Morgan fingerprint density at radius 2 is 1.58 bits per heavy atom. The summed E-state index contributed by atoms with van der Waals surface area (Å²) in [5.41, 5.74) is 3.11. The van der Waals surface area contributed by atoms with Crippen molar-refractivity contribution < 1.29 is 14.4 Å². The lowest BCUT2D eigenvalue weighted by atomic mass is 9.55. The highest BCUT2D eigenvalue weighted by Gasteiger charge is 2.54. The van der Waals surface area contributed by atoms with E-state index in [-0.39, 0.29) is 57.8 Å². The summed E-state index contributed by atoms with van der Waals surface area (Å²) < 4.78 is 0. The minimum Gasteiger partial charge on any atom is -0.299 e. The molecule has 0 aliphatic heterocycles. The molecule has 38 heavy (non-hydrogen) atoms. The number of hydrogen-bond acceptors (Lipinski definition) is 3. The van der Waals surface area contributed by atoms with Gasteiger partial charge in [0.25, 0.3) is 0 Å². The smallest absolute Gasteiger partial charge is 0.155 e. The zero-order valence-corrected chi connectivity index (χ0v) is 25.9. The highest BCUT2D eigenvalue weighted by Crippen LogP contribution is 2.62. The molecule has 0 saturated heterocycles. The maximum absolute atomic E-state index is 14.1. The molecule has 3 heteroatoms. The second-order valence-corrected chi connectivity index (χ2v) is 14.5. The molecule has 0 spiro atoms. The van der Waals surface area contributed by atoms with Crippen LogP contribution in [0.15, 0.2) is 35.9 Å². The van der Waals surface area contributed by atoms with Gasteiger partial charge in [-0.2, -0.15) is 0 Å². The Bertz CT molecular complexity index is 1080. The van der Waals surface area contributed by atoms with Crippen LogP contribution in [0.3, 0.4) is 0 Å². The van der Waals surface area contributed by atoms with Gasteiger partial charge in [0.15, 0.2) is 5.78 Å². The molecule has 0 aromatic heterocycles. The Hall–Kier alpha value is -2.03. The van der Waals surface area contributed by atoms with Crippen molar-refractivity contribution in [2.75, 3.05) is 0 Å². The third-order valence-electron chi connectivity index (χ3n) is 10.4. The van der Waals surface area contributed by atoms with Crippen molar-refractivity contribution in [1.82, 2.24) is 0 Å². The van der Waals surface area contributed by atoms with Crippen LogP contribution in [0, 0.1) is 46.3 Å². The summed E-state index contributed by atoms with van der Waals surface area (Å²) in [5.74, 6) is 1.47. The lowest BCUT2D eigenvalue weighted by molar-refractivity contribution is -0.139. The van der Waals surface area contributed by atoms with Gasteiger partial charge in [-0.1, -0.05) is 92.7 Å². The number of benzene rings is 1. The molecule has 0 amide bonds. The molecule has 3 rings (SSSR count). The normalized spacial score (nSPS) is 27.3. The Morgan fingerprint density at radius 3 is 2.11 bits per heavy atom. The highest BCUT2D eigenvalue weighted by atomic mass is 16.1. The van der Waals surface area contributed by atoms with Gasteiger partial charge in [0.1, 0.15) is 11.6 Å². The first-order valence-electron chi connectivity index (χ1n) is 14.8. The molecule has 2 aliphatic rings. The van der Waals surface area contributed by atoms with Gasteiger partial charge in [0, 0.05) is 24.2 Å². The first-order valence-corrected chi connectivity index (χ1v) is 14.8. The van der Waals surface area contributed by atoms with Gasteiger partial charge in [-0.3, -0.25) is 14.4 Å². The van der Waals surface area contributed by atoms with E-state index >= 15 is 0 Å². The molecule has 1 saturated carbocycles. The molecule has 7 atom stereocenters. The molecule has 3 nitrogen and oxygen atoms in total. The van der Waals surface area contributed by atoms with Crippen LogP contribution < -0.4 is 0 Å². The van der Waals surface area contributed by atoms with Crippen LogP contribution in [-0.4, -0.2) is 17.3 Å². The number of hydrogen-bond donors (Lipinski definition) is 0. The Labute approximate surface area is 232 Å². The number of ketones is 3. The van der Waals surface area contributed by atoms with E-state index in [1.54, 1.807) is 6.92 Å². The quantitative estimate of drug-likeness (QED) is 0.306. The molecule has 0 bridgehead atoms. The van der Waals surface area contributed by atoms with Gasteiger partial charge >= 0.3 is 0 Å². The summed E-state index contributed by atoms with van der Waals surface area (Å²) in [4.78, 5) is 40.2. The minimum absolute atomic E-state index is 0.0327. The average molecular weight is 521 g/mol. The minimum atomic E-state index is -0.347. The van der Waals surface area contributed by atoms with E-state index in [0.29, 0.717) is 29.7 Å². The van der Waals surface area contributed by atoms with E-state index < -0.39 is 0 Å². The number of Topliss-reactive ketones (excluding diaryl/α,β-unsaturated/α-hetero) is 3. The molecule has 7 unspecified atom stereocenters. The number of carbonyl (C=O) groups is 3. The van der Waals surface area contributed by atoms with E-state index in [9.17, 15) is 14.4 Å². The Morgan fingerprint density at radius 1 is 1.00 bits per heavy atom. The van der Waals surface area contributed by atoms with Crippen LogP contribution in [-0.2, 0) is 14.4 Å². The lowest BCUT2D eigenvalue weighted by Crippen LogP contribution is -2.45. The van der Waals surface area contributed by atoms with Crippen molar-refractivity contribution in [1.29, 1.82) is 0 Å². The van der Waals surface area contributed by atoms with E-state index in [1.807, 2.05) is 19.9 Å². The van der Waals surface area contributed by atoms with E-state index in [2.05, 4.69) is 79.7 Å². The number of fused-ring (bicyclic) bond motifs is 3. The molecule has 210 valence electrons. The van der Waals surface area contributed by atoms with Crippen molar-refractivity contribution in [3.05, 3.63) is 47.0 Å². The first kappa shape index (κ1) is 30.5. The monoisotopic (exact) mass is 520 g/mol. The van der Waals surface area contributed by atoms with Crippen molar-refractivity contribution in [2.45, 2.75) is 107 Å². The molecule has 0 N–H and O–H groups in total. The fraction of sp³-hybridized carbons (Fsp3) is 0.686. The van der Waals surface area contributed by atoms with Crippen molar-refractivity contribution in [3.63, 3.8) is 0 Å². The van der Waals surface area contributed by atoms with E-state index in [4.69, 9.17) is 0 Å². The van der Waals surface area contributed by atoms with Crippen LogP contribution >= 0.6 is 0 Å². The molecular weight excluding hydrogens is 468 g/mol. The molecule has 1 fully saturated rings. The Kier molecular flexibility index (Phi) is 9.01. The molecular formula is C35H52O3. The summed E-state index contributed by atoms with van der Waals surface area (Å²) in [6, 6.07) is 8.82. The van der Waals surface area contributed by atoms with Crippen LogP contribution in [0.1, 0.15) is 118 Å². The third-order valence-corrected chi connectivity index (χ3v) is 10.4. The lowest BCUT2D eigenvalue weighted by Gasteiger charge is -2.48. The van der Waals surface area contributed by atoms with Crippen LogP contribution in [0.2, 0.25) is 0 Å². The zero-order chi connectivity index (χ0) is 28.7. The van der Waals surface area contributed by atoms with Crippen LogP contribution in [0.5, 0.6) is 0 Å². The predicted octanol–water partition coefficient (Wildman–Crippen LogP) is 8.57. The molecule has 0 heterocycles. The van der Waals surface area contributed by atoms with Gasteiger partial charge in [-0.05, 0) is 83.8 Å². The maximum Gasteiger partial charge on any atom is 0.155 e. The maximum atomic E-state index is 14.1. The number of rotatable bonds is 9. The summed E-state index contributed by atoms with van der Waals surface area (Å²) >= 11 is 0. The van der Waals surface area contributed by atoms with Crippen molar-refractivity contribution in [2.24, 2.45) is 46.3 Å². The highest BCUT2D eigenvalue weighted by molar-refractivity contribution is 5.93. The molecule has 1 aromatic carbocycles. The van der Waals surface area contributed by atoms with Crippen LogP contribution in [0.4, 0.5) is 0 Å². The van der Waals surface area contributed by atoms with Gasteiger partial charge in [-0.25, -0.2) is 0 Å². The van der Waals surface area contributed by atoms with E-state index in [1.165, 1.54) is 11.1 Å². The van der Waals surface area contributed by atoms with Crippen LogP contribution in [0.25, 0.3) is 0 Å². The average Bonchev–Trinajstić information content (AvgIpc) is 3.12. The Balaban J connectivity index is 1.88. The predicted molar refractivity (Wildman–Crippen MR) is 157 cm³/mol.